The van der Waals surface area contributed by atoms with Crippen molar-refractivity contribution >= 4 is 33.9 Å². The lowest BCUT2D eigenvalue weighted by atomic mass is 10.0. The number of hydrogen-bond acceptors (Lipinski definition) is 4. The van der Waals surface area contributed by atoms with Crippen molar-refractivity contribution in [1.29, 1.82) is 0 Å². The van der Waals surface area contributed by atoms with Crippen LogP contribution in [0.5, 0.6) is 0 Å². The maximum atomic E-state index is 12.5. The number of allylic oxidation sites excluding steroid dienone is 1. The molecule has 0 saturated heterocycles. The van der Waals surface area contributed by atoms with Gasteiger partial charge in [-0.3, -0.25) is 4.79 Å². The lowest BCUT2D eigenvalue weighted by Crippen LogP contribution is -2.14. The van der Waals surface area contributed by atoms with Crippen molar-refractivity contribution in [3.8, 4) is 0 Å². The summed E-state index contributed by atoms with van der Waals surface area (Å²) in [6.45, 7) is 1.66. The zero-order chi connectivity index (χ0) is 20.1. The first-order chi connectivity index (χ1) is 13.5. The molecule has 3 aromatic rings. The molecular weight excluding hydrogens is 354 g/mol. The molecule has 2 N–H and O–H groups in total. The molecule has 3 aromatic carbocycles. The second-order valence-electron chi connectivity index (χ2n) is 6.41. The molecule has 3 rings (SSSR count). The number of aliphatic hydroxyl groups excluding tert-OH is 1. The van der Waals surface area contributed by atoms with E-state index in [1.54, 1.807) is 12.1 Å². The van der Waals surface area contributed by atoms with Gasteiger partial charge in [0.05, 0.1) is 25.0 Å². The first-order valence-electron chi connectivity index (χ1n) is 8.82. The Morgan fingerprint density at radius 1 is 1.04 bits per heavy atom. The van der Waals surface area contributed by atoms with E-state index in [-0.39, 0.29) is 18.1 Å². The second kappa shape index (κ2) is 8.50. The third-order valence-corrected chi connectivity index (χ3v) is 4.48. The molecule has 0 aliphatic rings. The van der Waals surface area contributed by atoms with Gasteiger partial charge in [-0.25, -0.2) is 4.79 Å². The van der Waals surface area contributed by atoms with E-state index in [1.165, 1.54) is 19.3 Å². The van der Waals surface area contributed by atoms with E-state index in [2.05, 4.69) is 5.32 Å². The maximum Gasteiger partial charge on any atom is 0.339 e. The van der Waals surface area contributed by atoms with Crippen LogP contribution in [0.1, 0.15) is 28.4 Å². The molecule has 0 unspecified atom stereocenters. The zero-order valence-electron chi connectivity index (χ0n) is 15.7. The van der Waals surface area contributed by atoms with E-state index in [1.807, 2.05) is 49.4 Å². The SMILES string of the molecule is COC(=O)c1ccc(CO)cc1NC(=O)/C=C(/C)c1ccc2ccccc2c1. The number of benzene rings is 3. The second-order valence-corrected chi connectivity index (χ2v) is 6.41. The fourth-order valence-electron chi connectivity index (χ4n) is 2.96. The van der Waals surface area contributed by atoms with E-state index in [0.29, 0.717) is 11.3 Å². The summed E-state index contributed by atoms with van der Waals surface area (Å²) in [6.07, 6.45) is 1.48. The summed E-state index contributed by atoms with van der Waals surface area (Å²) >= 11 is 0. The minimum Gasteiger partial charge on any atom is -0.465 e. The summed E-state index contributed by atoms with van der Waals surface area (Å²) in [7, 11) is 1.28. The van der Waals surface area contributed by atoms with Gasteiger partial charge in [0.1, 0.15) is 0 Å². The van der Waals surface area contributed by atoms with Gasteiger partial charge in [-0.05, 0) is 52.6 Å². The van der Waals surface area contributed by atoms with Gasteiger partial charge in [0.2, 0.25) is 5.91 Å². The van der Waals surface area contributed by atoms with Crippen LogP contribution < -0.4 is 5.32 Å². The van der Waals surface area contributed by atoms with Crippen LogP contribution in [0.3, 0.4) is 0 Å². The minimum atomic E-state index is -0.560. The van der Waals surface area contributed by atoms with E-state index in [0.717, 1.165) is 21.9 Å². The fourth-order valence-corrected chi connectivity index (χ4v) is 2.96. The van der Waals surface area contributed by atoms with E-state index in [9.17, 15) is 14.7 Å². The van der Waals surface area contributed by atoms with Crippen molar-refractivity contribution in [3.05, 3.63) is 83.4 Å². The molecule has 0 bridgehead atoms. The van der Waals surface area contributed by atoms with Gasteiger partial charge in [-0.15, -0.1) is 0 Å². The molecule has 5 heteroatoms. The average Bonchev–Trinajstić information content (AvgIpc) is 2.72. The molecule has 1 amide bonds. The summed E-state index contributed by atoms with van der Waals surface area (Å²) in [5, 5.41) is 14.3. The quantitative estimate of drug-likeness (QED) is 0.519. The molecule has 0 fully saturated rings. The zero-order valence-corrected chi connectivity index (χ0v) is 15.7. The first-order valence-corrected chi connectivity index (χ1v) is 8.82. The number of methoxy groups -OCH3 is 1. The monoisotopic (exact) mass is 375 g/mol. The number of rotatable bonds is 5. The molecule has 0 atom stereocenters. The molecule has 0 radical (unpaired) electrons. The highest BCUT2D eigenvalue weighted by Crippen LogP contribution is 2.22. The molecule has 28 heavy (non-hydrogen) atoms. The Hall–Kier alpha value is -3.44. The van der Waals surface area contributed by atoms with Gasteiger partial charge in [0.25, 0.3) is 0 Å². The topological polar surface area (TPSA) is 75.6 Å². The van der Waals surface area contributed by atoms with Crippen molar-refractivity contribution in [2.45, 2.75) is 13.5 Å². The highest BCUT2D eigenvalue weighted by atomic mass is 16.5. The van der Waals surface area contributed by atoms with Gasteiger partial charge in [0.15, 0.2) is 0 Å². The average molecular weight is 375 g/mol. The van der Waals surface area contributed by atoms with Crippen molar-refractivity contribution in [2.24, 2.45) is 0 Å². The molecule has 142 valence electrons. The van der Waals surface area contributed by atoms with Gasteiger partial charge >= 0.3 is 5.97 Å². The van der Waals surface area contributed by atoms with Gasteiger partial charge in [-0.1, -0.05) is 42.5 Å². The molecule has 0 spiro atoms. The number of aliphatic hydroxyl groups is 1. The Balaban J connectivity index is 1.86. The minimum absolute atomic E-state index is 0.198. The normalized spacial score (nSPS) is 11.3. The Morgan fingerprint density at radius 2 is 1.79 bits per heavy atom. The van der Waals surface area contributed by atoms with Crippen molar-refractivity contribution < 1.29 is 19.4 Å². The van der Waals surface area contributed by atoms with Crippen LogP contribution in [-0.4, -0.2) is 24.1 Å². The van der Waals surface area contributed by atoms with Gasteiger partial charge in [-0.2, -0.15) is 0 Å². The van der Waals surface area contributed by atoms with Crippen LogP contribution in [0, 0.1) is 0 Å². The highest BCUT2D eigenvalue weighted by Gasteiger charge is 2.14. The van der Waals surface area contributed by atoms with E-state index < -0.39 is 5.97 Å². The highest BCUT2D eigenvalue weighted by molar-refractivity contribution is 6.07. The van der Waals surface area contributed by atoms with Crippen LogP contribution in [-0.2, 0) is 16.1 Å². The molecule has 0 heterocycles. The number of anilines is 1. The van der Waals surface area contributed by atoms with E-state index in [4.69, 9.17) is 4.74 Å². The molecule has 0 saturated carbocycles. The third-order valence-electron chi connectivity index (χ3n) is 4.48. The lowest BCUT2D eigenvalue weighted by Gasteiger charge is -2.11. The number of carbonyl (C=O) groups is 2. The number of nitrogens with one attached hydrogen (secondary N) is 1. The van der Waals surface area contributed by atoms with Crippen molar-refractivity contribution in [1.82, 2.24) is 0 Å². The van der Waals surface area contributed by atoms with Crippen molar-refractivity contribution in [2.75, 3.05) is 12.4 Å². The Labute approximate surface area is 163 Å². The molecule has 0 aliphatic heterocycles. The Kier molecular flexibility index (Phi) is 5.87. The summed E-state index contributed by atoms with van der Waals surface area (Å²) in [4.78, 5) is 24.5. The molecule has 0 aliphatic carbocycles. The summed E-state index contributed by atoms with van der Waals surface area (Å²) in [5.74, 6) is -0.930. The fraction of sp³-hybridized carbons (Fsp3) is 0.130. The van der Waals surface area contributed by atoms with Crippen LogP contribution in [0.2, 0.25) is 0 Å². The van der Waals surface area contributed by atoms with Crippen LogP contribution in [0.15, 0.2) is 66.7 Å². The standard InChI is InChI=1S/C23H21NO4/c1-15(18-9-8-17-5-3-4-6-19(17)13-18)11-22(26)24-21-12-16(14-25)7-10-20(21)23(27)28-2/h3-13,25H,14H2,1-2H3,(H,24,26)/b15-11-. The number of fused-ring (bicyclic) bond motifs is 1. The van der Waals surface area contributed by atoms with Crippen LogP contribution in [0.25, 0.3) is 16.3 Å². The smallest absolute Gasteiger partial charge is 0.339 e. The number of amides is 1. The maximum absolute atomic E-state index is 12.5. The summed E-state index contributed by atoms with van der Waals surface area (Å²) < 4.78 is 4.76. The summed E-state index contributed by atoms with van der Waals surface area (Å²) in [5.41, 5.74) is 2.83. The van der Waals surface area contributed by atoms with Crippen LogP contribution >= 0.6 is 0 Å². The largest absolute Gasteiger partial charge is 0.465 e. The third kappa shape index (κ3) is 4.27. The van der Waals surface area contributed by atoms with E-state index >= 15 is 0 Å². The van der Waals surface area contributed by atoms with Crippen molar-refractivity contribution in [3.63, 3.8) is 0 Å². The molecule has 0 aromatic heterocycles. The van der Waals surface area contributed by atoms with Gasteiger partial charge in [0, 0.05) is 6.08 Å². The number of ether oxygens (including phenoxy) is 1. The first kappa shape index (κ1) is 19.3. The lowest BCUT2D eigenvalue weighted by molar-refractivity contribution is -0.111. The molecule has 5 nitrogen and oxygen atoms in total. The Morgan fingerprint density at radius 3 is 2.50 bits per heavy atom. The van der Waals surface area contributed by atoms with Crippen LogP contribution in [0.4, 0.5) is 5.69 Å². The Bertz CT molecular complexity index is 1070. The number of carbonyl (C=O) groups excluding carboxylic acids is 2. The molecular formula is C23H21NO4. The number of esters is 1. The predicted molar refractivity (Wildman–Crippen MR) is 110 cm³/mol. The van der Waals surface area contributed by atoms with Gasteiger partial charge < -0.3 is 15.2 Å². The predicted octanol–water partition coefficient (Wildman–Crippen LogP) is 4.16. The number of hydrogen-bond donors (Lipinski definition) is 2. The summed E-state index contributed by atoms with van der Waals surface area (Å²) in [6, 6.07) is 18.7.